The average Bonchev–Trinajstić information content (AvgIpc) is 3.35. The summed E-state index contributed by atoms with van der Waals surface area (Å²) in [6.45, 7) is 8.27. The Morgan fingerprint density at radius 2 is 2.10 bits per heavy atom. The van der Waals surface area contributed by atoms with E-state index in [0.29, 0.717) is 24.3 Å². The summed E-state index contributed by atoms with van der Waals surface area (Å²) < 4.78 is 10.2. The summed E-state index contributed by atoms with van der Waals surface area (Å²) in [7, 11) is 0. The van der Waals surface area contributed by atoms with Crippen molar-refractivity contribution >= 4 is 29.0 Å². The summed E-state index contributed by atoms with van der Waals surface area (Å²) in [5, 5.41) is 6.79. The first-order valence-corrected chi connectivity index (χ1v) is 10.5. The van der Waals surface area contributed by atoms with Crippen LogP contribution in [-0.4, -0.2) is 55.6 Å². The van der Waals surface area contributed by atoms with Gasteiger partial charge in [0.15, 0.2) is 0 Å². The van der Waals surface area contributed by atoms with E-state index in [1.165, 1.54) is 45.3 Å². The SMILES string of the molecule is CCOC(=O)c1cc2cc(NC=O)ccc2o1.C[C@H]1NCC[C@H]1N1CCCCC1. The molecule has 0 bridgehead atoms. The first kappa shape index (κ1) is 21.3. The first-order valence-electron chi connectivity index (χ1n) is 10.5. The van der Waals surface area contributed by atoms with Crippen molar-refractivity contribution in [3.05, 3.63) is 30.0 Å². The Kier molecular flexibility index (Phi) is 7.66. The highest BCUT2D eigenvalue weighted by molar-refractivity contribution is 5.94. The first-order chi connectivity index (χ1) is 14.1. The zero-order valence-corrected chi connectivity index (χ0v) is 17.3. The number of nitrogens with zero attached hydrogens (tertiary/aromatic N) is 1. The van der Waals surface area contributed by atoms with Gasteiger partial charge in [-0.05, 0) is 77.0 Å². The molecular formula is C22H31N3O4. The number of esters is 1. The number of nitrogens with one attached hydrogen (secondary N) is 2. The highest BCUT2D eigenvalue weighted by Crippen LogP contribution is 2.23. The number of rotatable bonds is 5. The molecule has 0 unspecified atom stereocenters. The monoisotopic (exact) mass is 401 g/mol. The van der Waals surface area contributed by atoms with E-state index in [2.05, 4.69) is 22.5 Å². The third-order valence-electron chi connectivity index (χ3n) is 5.56. The van der Waals surface area contributed by atoms with Crippen molar-refractivity contribution in [2.45, 2.75) is 51.6 Å². The van der Waals surface area contributed by atoms with Gasteiger partial charge in [-0.2, -0.15) is 0 Å². The maximum atomic E-state index is 11.4. The van der Waals surface area contributed by atoms with Gasteiger partial charge in [-0.1, -0.05) is 6.42 Å². The maximum absolute atomic E-state index is 11.4. The Labute approximate surface area is 171 Å². The number of likely N-dealkylation sites (tertiary alicyclic amines) is 1. The van der Waals surface area contributed by atoms with E-state index in [1.807, 2.05) is 0 Å². The average molecular weight is 402 g/mol. The summed E-state index contributed by atoms with van der Waals surface area (Å²) >= 11 is 0. The number of ether oxygens (including phenoxy) is 1. The van der Waals surface area contributed by atoms with Gasteiger partial charge in [-0.3, -0.25) is 9.69 Å². The molecule has 1 aromatic heterocycles. The van der Waals surface area contributed by atoms with Crippen LogP contribution in [0.2, 0.25) is 0 Å². The number of carbonyl (C=O) groups is 2. The topological polar surface area (TPSA) is 83.8 Å². The summed E-state index contributed by atoms with van der Waals surface area (Å²) in [6.07, 6.45) is 6.24. The summed E-state index contributed by atoms with van der Waals surface area (Å²) in [5.74, 6) is -0.335. The van der Waals surface area contributed by atoms with Crippen LogP contribution < -0.4 is 10.6 Å². The summed E-state index contributed by atoms with van der Waals surface area (Å²) in [5.41, 5.74) is 1.22. The second kappa shape index (κ2) is 10.4. The minimum Gasteiger partial charge on any atom is -0.460 e. The number of furan rings is 1. The molecule has 0 aliphatic carbocycles. The molecule has 2 atom stereocenters. The number of anilines is 1. The van der Waals surface area contributed by atoms with Crippen molar-refractivity contribution < 1.29 is 18.7 Å². The molecule has 2 N–H and O–H groups in total. The third kappa shape index (κ3) is 5.58. The van der Waals surface area contributed by atoms with Crippen molar-refractivity contribution in [2.75, 3.05) is 31.6 Å². The molecular weight excluding hydrogens is 370 g/mol. The molecule has 3 heterocycles. The summed E-state index contributed by atoms with van der Waals surface area (Å²) in [4.78, 5) is 24.4. The minimum absolute atomic E-state index is 0.158. The molecule has 0 saturated carbocycles. The largest absolute Gasteiger partial charge is 0.460 e. The van der Waals surface area contributed by atoms with Crippen molar-refractivity contribution in [1.29, 1.82) is 0 Å². The molecule has 7 heteroatoms. The van der Waals surface area contributed by atoms with E-state index in [4.69, 9.17) is 9.15 Å². The number of piperidine rings is 1. The van der Waals surface area contributed by atoms with Crippen LogP contribution in [0.25, 0.3) is 11.0 Å². The fourth-order valence-electron chi connectivity index (χ4n) is 4.10. The van der Waals surface area contributed by atoms with Gasteiger partial charge >= 0.3 is 5.97 Å². The molecule has 1 amide bonds. The lowest BCUT2D eigenvalue weighted by molar-refractivity contribution is -0.105. The fraction of sp³-hybridized carbons (Fsp3) is 0.545. The van der Waals surface area contributed by atoms with E-state index >= 15 is 0 Å². The van der Waals surface area contributed by atoms with Crippen LogP contribution in [0.4, 0.5) is 5.69 Å². The minimum atomic E-state index is -0.492. The molecule has 29 heavy (non-hydrogen) atoms. The molecule has 2 aromatic rings. The molecule has 0 radical (unpaired) electrons. The second-order valence-electron chi connectivity index (χ2n) is 7.54. The number of carbonyl (C=O) groups excluding carboxylic acids is 2. The smallest absolute Gasteiger partial charge is 0.374 e. The Hall–Kier alpha value is -2.38. The fourth-order valence-corrected chi connectivity index (χ4v) is 4.10. The van der Waals surface area contributed by atoms with Gasteiger partial charge in [0.05, 0.1) is 6.61 Å². The number of hydrogen-bond acceptors (Lipinski definition) is 6. The third-order valence-corrected chi connectivity index (χ3v) is 5.56. The second-order valence-corrected chi connectivity index (χ2v) is 7.54. The van der Waals surface area contributed by atoms with Crippen molar-refractivity contribution in [2.24, 2.45) is 0 Å². The van der Waals surface area contributed by atoms with Gasteiger partial charge in [-0.15, -0.1) is 0 Å². The van der Waals surface area contributed by atoms with Crippen molar-refractivity contribution in [3.8, 4) is 0 Å². The van der Waals surface area contributed by atoms with E-state index in [1.54, 1.807) is 31.2 Å². The predicted octanol–water partition coefficient (Wildman–Crippen LogP) is 3.40. The standard InChI is InChI=1S/C12H11NO4.C10H20N2/c1-2-16-12(15)11-6-8-5-9(13-7-14)3-4-10(8)17-11;1-9-10(5-6-11-9)12-7-3-2-4-8-12/h3-7H,2H2,1H3,(H,13,14);9-11H,2-8H2,1H3/t;9-,10-/m.1/s1. The molecule has 158 valence electrons. The van der Waals surface area contributed by atoms with Crippen LogP contribution in [0, 0.1) is 0 Å². The highest BCUT2D eigenvalue weighted by atomic mass is 16.5. The van der Waals surface area contributed by atoms with Crippen LogP contribution in [0.1, 0.15) is 50.1 Å². The van der Waals surface area contributed by atoms with Gasteiger partial charge in [0.2, 0.25) is 12.2 Å². The lowest BCUT2D eigenvalue weighted by Crippen LogP contribution is -2.44. The molecule has 2 fully saturated rings. The predicted molar refractivity (Wildman–Crippen MR) is 113 cm³/mol. The van der Waals surface area contributed by atoms with Gasteiger partial charge in [0.25, 0.3) is 0 Å². The number of amides is 1. The maximum Gasteiger partial charge on any atom is 0.374 e. The number of benzene rings is 1. The van der Waals surface area contributed by atoms with Gasteiger partial charge in [0.1, 0.15) is 5.58 Å². The van der Waals surface area contributed by atoms with Gasteiger partial charge in [-0.25, -0.2) is 4.79 Å². The molecule has 4 rings (SSSR count). The quantitative estimate of drug-likeness (QED) is 0.590. The van der Waals surface area contributed by atoms with E-state index < -0.39 is 5.97 Å². The Morgan fingerprint density at radius 3 is 2.76 bits per heavy atom. The van der Waals surface area contributed by atoms with Gasteiger partial charge in [0, 0.05) is 23.2 Å². The lowest BCUT2D eigenvalue weighted by Gasteiger charge is -2.34. The zero-order chi connectivity index (χ0) is 20.6. The van der Waals surface area contributed by atoms with Gasteiger partial charge < -0.3 is 19.8 Å². The molecule has 2 aliphatic rings. The van der Waals surface area contributed by atoms with Crippen LogP contribution in [0.3, 0.4) is 0 Å². The number of hydrogen-bond donors (Lipinski definition) is 2. The van der Waals surface area contributed by atoms with Crippen molar-refractivity contribution in [1.82, 2.24) is 10.2 Å². The normalized spacial score (nSPS) is 22.0. The zero-order valence-electron chi connectivity index (χ0n) is 17.3. The van der Waals surface area contributed by atoms with Crippen LogP contribution in [0.5, 0.6) is 0 Å². The molecule has 1 aromatic carbocycles. The van der Waals surface area contributed by atoms with E-state index in [0.717, 1.165) is 17.5 Å². The Morgan fingerprint density at radius 1 is 1.31 bits per heavy atom. The molecule has 7 nitrogen and oxygen atoms in total. The molecule has 2 saturated heterocycles. The highest BCUT2D eigenvalue weighted by Gasteiger charge is 2.28. The van der Waals surface area contributed by atoms with Crippen LogP contribution in [0.15, 0.2) is 28.7 Å². The van der Waals surface area contributed by atoms with E-state index in [9.17, 15) is 9.59 Å². The van der Waals surface area contributed by atoms with Crippen LogP contribution in [-0.2, 0) is 9.53 Å². The van der Waals surface area contributed by atoms with E-state index in [-0.39, 0.29) is 5.76 Å². The molecule has 2 aliphatic heterocycles. The van der Waals surface area contributed by atoms with Crippen molar-refractivity contribution in [3.63, 3.8) is 0 Å². The number of fused-ring (bicyclic) bond motifs is 1. The van der Waals surface area contributed by atoms with Crippen LogP contribution >= 0.6 is 0 Å². The Balaban J connectivity index is 0.000000176. The summed E-state index contributed by atoms with van der Waals surface area (Å²) in [6, 6.07) is 8.24. The Bertz CT molecular complexity index is 813. The molecule has 0 spiro atoms. The lowest BCUT2D eigenvalue weighted by atomic mass is 10.0.